The summed E-state index contributed by atoms with van der Waals surface area (Å²) in [5, 5.41) is 7.95. The number of rotatable bonds is 8. The third-order valence-electron chi connectivity index (χ3n) is 3.54. The van der Waals surface area contributed by atoms with Gasteiger partial charge in [-0.15, -0.1) is 10.2 Å². The number of methoxy groups -OCH3 is 1. The number of Topliss-reactive ketones (excluding diaryl/α,β-unsaturated/α-hetero) is 1. The number of nitrogens with one attached hydrogen (secondary N) is 1. The summed E-state index contributed by atoms with van der Waals surface area (Å²) in [6.07, 6.45) is 1.08. The van der Waals surface area contributed by atoms with Crippen molar-refractivity contribution in [3.05, 3.63) is 22.5 Å². The highest BCUT2D eigenvalue weighted by Crippen LogP contribution is 2.33. The number of thioether (sulfide) groups is 2. The van der Waals surface area contributed by atoms with Crippen LogP contribution in [0.2, 0.25) is 0 Å². The van der Waals surface area contributed by atoms with Crippen molar-refractivity contribution in [1.29, 1.82) is 0 Å². The number of aromatic nitrogens is 3. The van der Waals surface area contributed by atoms with E-state index in [1.54, 1.807) is 25.6 Å². The molecule has 136 valence electrons. The fourth-order valence-electron chi connectivity index (χ4n) is 2.31. The quantitative estimate of drug-likeness (QED) is 0.406. The second-order valence-electron chi connectivity index (χ2n) is 5.42. The van der Waals surface area contributed by atoms with Crippen LogP contribution in [0, 0.1) is 13.8 Å². The van der Waals surface area contributed by atoms with Crippen LogP contribution in [0.1, 0.15) is 52.4 Å². The third-order valence-corrected chi connectivity index (χ3v) is 6.98. The average Bonchev–Trinajstić information content (AvgIpc) is 3.15. The molecule has 0 radical (unpaired) electrons. The topological polar surface area (TPSA) is 84.9 Å². The molecule has 0 spiro atoms. The van der Waals surface area contributed by atoms with E-state index in [4.69, 9.17) is 4.74 Å². The second kappa shape index (κ2) is 8.86. The highest BCUT2D eigenvalue weighted by Gasteiger charge is 2.26. The fraction of sp³-hybridized carbons (Fsp3) is 0.500. The van der Waals surface area contributed by atoms with Gasteiger partial charge in [-0.05, 0) is 32.8 Å². The molecule has 0 fully saturated rings. The van der Waals surface area contributed by atoms with Gasteiger partial charge in [0.2, 0.25) is 0 Å². The number of hydrogen-bond donors (Lipinski definition) is 1. The zero-order valence-electron chi connectivity index (χ0n) is 14.8. The van der Waals surface area contributed by atoms with Gasteiger partial charge in [0, 0.05) is 11.4 Å². The number of aromatic amines is 1. The number of ether oxygens (including phenoxy) is 1. The van der Waals surface area contributed by atoms with Gasteiger partial charge < -0.3 is 9.72 Å². The molecule has 0 unspecified atom stereocenters. The number of nitrogens with zero attached hydrogens (tertiary/aromatic N) is 2. The summed E-state index contributed by atoms with van der Waals surface area (Å²) in [7, 11) is 1.33. The second-order valence-corrected chi connectivity index (χ2v) is 9.33. The van der Waals surface area contributed by atoms with E-state index in [0.29, 0.717) is 22.5 Å². The number of esters is 1. The molecule has 0 aromatic carbocycles. The molecule has 2 aromatic heterocycles. The molecule has 0 aliphatic carbocycles. The van der Waals surface area contributed by atoms with Gasteiger partial charge in [-0.25, -0.2) is 4.79 Å². The minimum atomic E-state index is -0.438. The largest absolute Gasteiger partial charge is 0.465 e. The van der Waals surface area contributed by atoms with E-state index < -0.39 is 5.97 Å². The van der Waals surface area contributed by atoms with Crippen molar-refractivity contribution >= 4 is 46.6 Å². The number of carbonyl (C=O) groups is 2. The molecule has 2 aromatic rings. The SMILES string of the molecule is CCCSc1nnc(S[C@@H](C)C(=O)c2[nH]c(C)c(C(=O)OC)c2C)s1. The van der Waals surface area contributed by atoms with E-state index in [9.17, 15) is 9.59 Å². The highest BCUT2D eigenvalue weighted by atomic mass is 32.2. The predicted octanol–water partition coefficient (Wildman–Crippen LogP) is 4.14. The molecule has 0 saturated carbocycles. The van der Waals surface area contributed by atoms with Gasteiger partial charge in [0.15, 0.2) is 14.5 Å². The lowest BCUT2D eigenvalue weighted by atomic mass is 10.1. The molecule has 2 heterocycles. The first-order chi connectivity index (χ1) is 11.9. The Balaban J connectivity index is 2.12. The molecule has 25 heavy (non-hydrogen) atoms. The van der Waals surface area contributed by atoms with Crippen molar-refractivity contribution in [2.75, 3.05) is 12.9 Å². The predicted molar refractivity (Wildman–Crippen MR) is 102 cm³/mol. The lowest BCUT2D eigenvalue weighted by Gasteiger charge is -2.07. The highest BCUT2D eigenvalue weighted by molar-refractivity contribution is 8.03. The van der Waals surface area contributed by atoms with Crippen LogP contribution in [0.4, 0.5) is 0 Å². The monoisotopic (exact) mass is 399 g/mol. The Morgan fingerprint density at radius 2 is 1.96 bits per heavy atom. The van der Waals surface area contributed by atoms with Gasteiger partial charge >= 0.3 is 5.97 Å². The molecule has 0 amide bonds. The maximum absolute atomic E-state index is 12.8. The molecule has 2 rings (SSSR count). The first kappa shape index (κ1) is 20.0. The summed E-state index contributed by atoms with van der Waals surface area (Å²) >= 11 is 4.56. The summed E-state index contributed by atoms with van der Waals surface area (Å²) in [5.74, 6) is 0.497. The van der Waals surface area contributed by atoms with Crippen LogP contribution in [-0.4, -0.2) is 45.0 Å². The minimum Gasteiger partial charge on any atom is -0.465 e. The number of carbonyl (C=O) groups excluding carboxylic acids is 2. The van der Waals surface area contributed by atoms with Crippen LogP contribution in [0.3, 0.4) is 0 Å². The Bertz CT molecular complexity index is 770. The maximum atomic E-state index is 12.8. The minimum absolute atomic E-state index is 0.0706. The van der Waals surface area contributed by atoms with Crippen LogP contribution in [0.5, 0.6) is 0 Å². The summed E-state index contributed by atoms with van der Waals surface area (Å²) in [6, 6.07) is 0. The van der Waals surface area contributed by atoms with Gasteiger partial charge in [-0.1, -0.05) is 41.8 Å². The van der Waals surface area contributed by atoms with E-state index in [1.165, 1.54) is 30.2 Å². The first-order valence-electron chi connectivity index (χ1n) is 7.83. The van der Waals surface area contributed by atoms with E-state index >= 15 is 0 Å². The molecule has 0 aliphatic rings. The Labute approximate surface area is 159 Å². The maximum Gasteiger partial charge on any atom is 0.339 e. The van der Waals surface area contributed by atoms with Gasteiger partial charge in [0.25, 0.3) is 0 Å². The van der Waals surface area contributed by atoms with Gasteiger partial charge in [0.1, 0.15) is 0 Å². The molecule has 6 nitrogen and oxygen atoms in total. The molecule has 0 aliphatic heterocycles. The van der Waals surface area contributed by atoms with Crippen LogP contribution < -0.4 is 0 Å². The Hall–Kier alpha value is -1.32. The van der Waals surface area contributed by atoms with Crippen LogP contribution in [0.25, 0.3) is 0 Å². The number of hydrogen-bond acceptors (Lipinski definition) is 8. The van der Waals surface area contributed by atoms with E-state index in [2.05, 4.69) is 22.1 Å². The number of H-pyrrole nitrogens is 1. The van der Waals surface area contributed by atoms with E-state index in [1.807, 2.05) is 6.92 Å². The average molecular weight is 400 g/mol. The molecular weight excluding hydrogens is 378 g/mol. The van der Waals surface area contributed by atoms with Crippen LogP contribution in [0.15, 0.2) is 8.68 Å². The van der Waals surface area contributed by atoms with Gasteiger partial charge in [0.05, 0.1) is 23.6 Å². The Morgan fingerprint density at radius 1 is 1.28 bits per heavy atom. The first-order valence-corrected chi connectivity index (χ1v) is 10.5. The summed E-state index contributed by atoms with van der Waals surface area (Å²) in [6.45, 7) is 7.47. The molecule has 1 atom stereocenters. The smallest absolute Gasteiger partial charge is 0.339 e. The zero-order chi connectivity index (χ0) is 18.6. The standard InChI is InChI=1S/C16H21N3O3S3/c1-6-7-23-15-18-19-16(25-15)24-10(4)13(20)12-8(2)11(9(3)17-12)14(21)22-5/h10,17H,6-7H2,1-5H3/t10-/m0/s1. The molecule has 9 heteroatoms. The normalized spacial score (nSPS) is 12.2. The van der Waals surface area contributed by atoms with Gasteiger partial charge in [-0.3, -0.25) is 4.79 Å². The van der Waals surface area contributed by atoms with Crippen molar-refractivity contribution in [2.24, 2.45) is 0 Å². The third kappa shape index (κ3) is 4.65. The molecule has 1 N–H and O–H groups in total. The van der Waals surface area contributed by atoms with Crippen molar-refractivity contribution < 1.29 is 14.3 Å². The van der Waals surface area contributed by atoms with Crippen molar-refractivity contribution in [2.45, 2.75) is 48.0 Å². The lowest BCUT2D eigenvalue weighted by molar-refractivity contribution is 0.0599. The lowest BCUT2D eigenvalue weighted by Crippen LogP contribution is -2.15. The number of aryl methyl sites for hydroxylation is 1. The fourth-order valence-corrected chi connectivity index (χ4v) is 5.45. The van der Waals surface area contributed by atoms with Crippen molar-refractivity contribution in [1.82, 2.24) is 15.2 Å². The molecule has 0 bridgehead atoms. The van der Waals surface area contributed by atoms with Gasteiger partial charge in [-0.2, -0.15) is 0 Å². The Morgan fingerprint density at radius 3 is 2.60 bits per heavy atom. The summed E-state index contributed by atoms with van der Waals surface area (Å²) in [5.41, 5.74) is 2.14. The summed E-state index contributed by atoms with van der Waals surface area (Å²) < 4.78 is 6.48. The zero-order valence-corrected chi connectivity index (χ0v) is 17.3. The number of ketones is 1. The van der Waals surface area contributed by atoms with Crippen molar-refractivity contribution in [3.63, 3.8) is 0 Å². The molecule has 0 saturated heterocycles. The van der Waals surface area contributed by atoms with Crippen molar-refractivity contribution in [3.8, 4) is 0 Å². The van der Waals surface area contributed by atoms with E-state index in [0.717, 1.165) is 20.9 Å². The Kier molecular flexibility index (Phi) is 7.09. The molecular formula is C16H21N3O3S3. The van der Waals surface area contributed by atoms with E-state index in [-0.39, 0.29) is 11.0 Å². The van der Waals surface area contributed by atoms with Crippen LogP contribution >= 0.6 is 34.9 Å². The van der Waals surface area contributed by atoms with Crippen LogP contribution in [-0.2, 0) is 4.74 Å². The summed E-state index contributed by atoms with van der Waals surface area (Å²) in [4.78, 5) is 27.7.